The summed E-state index contributed by atoms with van der Waals surface area (Å²) in [6.45, 7) is 5.22. The lowest BCUT2D eigenvalue weighted by atomic mass is 9.95. The Kier molecular flexibility index (Phi) is 5.98. The van der Waals surface area contributed by atoms with E-state index in [1.807, 2.05) is 6.92 Å². The van der Waals surface area contributed by atoms with E-state index in [1.165, 1.54) is 19.2 Å². The fourth-order valence-electron chi connectivity index (χ4n) is 3.28. The molecule has 1 heterocycles. The molecule has 3 rings (SSSR count). The molecule has 0 atom stereocenters. The van der Waals surface area contributed by atoms with Crippen LogP contribution in [0.25, 0.3) is 0 Å². The Morgan fingerprint density at radius 2 is 1.83 bits per heavy atom. The number of aryl methyl sites for hydroxylation is 1. The molecule has 158 valence electrons. The highest BCUT2D eigenvalue weighted by atomic mass is 32.2. The average Bonchev–Trinajstić information content (AvgIpc) is 3.10. The zero-order valence-corrected chi connectivity index (χ0v) is 18.0. The molecule has 0 saturated carbocycles. The molecule has 2 aromatic carbocycles. The predicted octanol–water partition coefficient (Wildman–Crippen LogP) is 3.44. The molecule has 0 saturated heterocycles. The second-order valence-corrected chi connectivity index (χ2v) is 8.56. The van der Waals surface area contributed by atoms with E-state index in [0.29, 0.717) is 34.3 Å². The largest absolute Gasteiger partial charge is 0.496 e. The maximum Gasteiger partial charge on any atom is 0.342 e. The van der Waals surface area contributed by atoms with Crippen molar-refractivity contribution in [3.05, 3.63) is 63.7 Å². The van der Waals surface area contributed by atoms with E-state index in [4.69, 9.17) is 13.7 Å². The van der Waals surface area contributed by atoms with Crippen molar-refractivity contribution in [2.24, 2.45) is 0 Å². The number of carbonyl (C=O) groups excluding carboxylic acids is 2. The number of ether oxygens (including phenoxy) is 2. The molecule has 0 aromatic heterocycles. The van der Waals surface area contributed by atoms with Crippen molar-refractivity contribution in [1.29, 1.82) is 0 Å². The van der Waals surface area contributed by atoms with Crippen LogP contribution >= 0.6 is 0 Å². The van der Waals surface area contributed by atoms with Gasteiger partial charge in [-0.25, -0.2) is 4.79 Å². The van der Waals surface area contributed by atoms with E-state index in [9.17, 15) is 18.0 Å². The molecule has 30 heavy (non-hydrogen) atoms. The van der Waals surface area contributed by atoms with Crippen molar-refractivity contribution in [3.8, 4) is 11.5 Å². The number of cyclic esters (lactones) is 1. The lowest BCUT2D eigenvalue weighted by Crippen LogP contribution is -2.15. The van der Waals surface area contributed by atoms with Gasteiger partial charge in [0, 0.05) is 11.1 Å². The molecular weight excluding hydrogens is 408 g/mol. The molecule has 0 N–H and O–H groups in total. The molecule has 7 nitrogen and oxygen atoms in total. The Balaban J connectivity index is 2.23. The fourth-order valence-corrected chi connectivity index (χ4v) is 4.24. The van der Waals surface area contributed by atoms with Crippen LogP contribution in [0.2, 0.25) is 0 Å². The second-order valence-electron chi connectivity index (χ2n) is 7.02. The van der Waals surface area contributed by atoms with Gasteiger partial charge < -0.3 is 13.7 Å². The summed E-state index contributed by atoms with van der Waals surface area (Å²) in [5, 5.41) is 0. The second kappa shape index (κ2) is 8.31. The number of methoxy groups -OCH3 is 1. The first kappa shape index (κ1) is 21.6. The third-order valence-electron chi connectivity index (χ3n) is 4.94. The number of fused-ring (bicyclic) bond motifs is 1. The van der Waals surface area contributed by atoms with Crippen LogP contribution in [0, 0.1) is 13.8 Å². The maximum atomic E-state index is 13.0. The van der Waals surface area contributed by atoms with Gasteiger partial charge in [-0.3, -0.25) is 4.79 Å². The molecule has 2 aromatic rings. The van der Waals surface area contributed by atoms with Gasteiger partial charge in [0.2, 0.25) is 0 Å². The molecule has 1 aliphatic heterocycles. The molecule has 0 amide bonds. The maximum absolute atomic E-state index is 13.0. The lowest BCUT2D eigenvalue weighted by molar-refractivity contribution is -0.104. The van der Waals surface area contributed by atoms with Crippen LogP contribution in [0.3, 0.4) is 0 Å². The van der Waals surface area contributed by atoms with Crippen molar-refractivity contribution in [3.63, 3.8) is 0 Å². The topological polar surface area (TPSA) is 96.0 Å². The van der Waals surface area contributed by atoms with Gasteiger partial charge in [-0.05, 0) is 50.5 Å². The molecule has 0 aliphatic carbocycles. The minimum absolute atomic E-state index is 0.000778. The third kappa shape index (κ3) is 3.95. The van der Waals surface area contributed by atoms with Gasteiger partial charge in [0.25, 0.3) is 0 Å². The van der Waals surface area contributed by atoms with Crippen molar-refractivity contribution in [2.45, 2.75) is 38.7 Å². The van der Waals surface area contributed by atoms with E-state index in [-0.39, 0.29) is 29.2 Å². The summed E-state index contributed by atoms with van der Waals surface area (Å²) in [6.07, 6.45) is 2.43. The van der Waals surface area contributed by atoms with E-state index in [2.05, 4.69) is 0 Å². The smallest absolute Gasteiger partial charge is 0.342 e. The van der Waals surface area contributed by atoms with E-state index < -0.39 is 16.1 Å². The average molecular weight is 430 g/mol. The first-order valence-corrected chi connectivity index (χ1v) is 10.6. The molecule has 1 aliphatic rings. The summed E-state index contributed by atoms with van der Waals surface area (Å²) in [5.41, 5.74) is 2.94. The normalized spacial score (nSPS) is 13.6. The fraction of sp³-hybridized carbons (Fsp3) is 0.273. The van der Waals surface area contributed by atoms with Crippen LogP contribution in [0.15, 0.2) is 40.8 Å². The van der Waals surface area contributed by atoms with Crippen LogP contribution in [-0.2, 0) is 32.7 Å². The van der Waals surface area contributed by atoms with Gasteiger partial charge >= 0.3 is 16.1 Å². The Labute approximate surface area is 175 Å². The molecule has 0 radical (unpaired) electrons. The van der Waals surface area contributed by atoms with Gasteiger partial charge in [0.15, 0.2) is 5.75 Å². The van der Waals surface area contributed by atoms with E-state index in [0.717, 1.165) is 5.56 Å². The van der Waals surface area contributed by atoms with Gasteiger partial charge in [-0.1, -0.05) is 23.8 Å². The molecule has 0 bridgehead atoms. The SMILES string of the molecule is COc1c(C)c2c(c(OS(=O)(=O)c3ccc(C)cc3)c1C/C=C(\C)C=O)C(=O)OC2. The first-order chi connectivity index (χ1) is 14.2. The van der Waals surface area contributed by atoms with Gasteiger partial charge in [0.1, 0.15) is 29.1 Å². The zero-order valence-electron chi connectivity index (χ0n) is 17.1. The van der Waals surface area contributed by atoms with Crippen LogP contribution in [0.1, 0.15) is 39.5 Å². The molecule has 0 spiro atoms. The minimum Gasteiger partial charge on any atom is -0.496 e. The monoisotopic (exact) mass is 430 g/mol. The molecule has 8 heteroatoms. The Morgan fingerprint density at radius 3 is 2.43 bits per heavy atom. The van der Waals surface area contributed by atoms with Crippen molar-refractivity contribution in [2.75, 3.05) is 7.11 Å². The quantitative estimate of drug-likeness (QED) is 0.287. The predicted molar refractivity (Wildman–Crippen MR) is 109 cm³/mol. The summed E-state index contributed by atoms with van der Waals surface area (Å²) in [5.74, 6) is -0.413. The van der Waals surface area contributed by atoms with Crippen molar-refractivity contribution in [1.82, 2.24) is 0 Å². The summed E-state index contributed by atoms with van der Waals surface area (Å²) in [7, 11) is -2.78. The summed E-state index contributed by atoms with van der Waals surface area (Å²) in [4.78, 5) is 23.4. The van der Waals surface area contributed by atoms with Gasteiger partial charge in [-0.2, -0.15) is 8.42 Å². The first-order valence-electron chi connectivity index (χ1n) is 9.22. The highest BCUT2D eigenvalue weighted by molar-refractivity contribution is 7.87. The number of allylic oxidation sites excluding steroid dienone is 2. The van der Waals surface area contributed by atoms with Crippen LogP contribution in [-0.4, -0.2) is 27.8 Å². The number of aldehydes is 1. The molecule has 0 fully saturated rings. The Morgan fingerprint density at radius 1 is 1.17 bits per heavy atom. The van der Waals surface area contributed by atoms with E-state index >= 15 is 0 Å². The number of benzene rings is 2. The van der Waals surface area contributed by atoms with Gasteiger partial charge in [0.05, 0.1) is 7.11 Å². The molecular formula is C22H22O7S. The van der Waals surface area contributed by atoms with Crippen molar-refractivity contribution >= 4 is 22.4 Å². The van der Waals surface area contributed by atoms with Crippen LogP contribution in [0.5, 0.6) is 11.5 Å². The highest BCUT2D eigenvalue weighted by Gasteiger charge is 2.35. The molecule has 0 unspecified atom stereocenters. The standard InChI is InChI=1S/C22H22O7S/c1-13-5-8-16(9-6-13)30(25,26)29-21-17(10-7-14(2)11-23)20(27-4)15(3)18-12-28-22(24)19(18)21/h5-9,11H,10,12H2,1-4H3/b14-7+. The summed E-state index contributed by atoms with van der Waals surface area (Å²) >= 11 is 0. The van der Waals surface area contributed by atoms with Crippen molar-refractivity contribution < 1.29 is 31.7 Å². The zero-order chi connectivity index (χ0) is 22.1. The number of hydrogen-bond acceptors (Lipinski definition) is 7. The summed E-state index contributed by atoms with van der Waals surface area (Å²) < 4.78 is 42.1. The number of hydrogen-bond donors (Lipinski definition) is 0. The summed E-state index contributed by atoms with van der Waals surface area (Å²) in [6, 6.07) is 6.18. The Hall–Kier alpha value is -3.13. The van der Waals surface area contributed by atoms with Crippen LogP contribution < -0.4 is 8.92 Å². The highest BCUT2D eigenvalue weighted by Crippen LogP contribution is 2.43. The van der Waals surface area contributed by atoms with Crippen LogP contribution in [0.4, 0.5) is 0 Å². The van der Waals surface area contributed by atoms with Gasteiger partial charge in [-0.15, -0.1) is 0 Å². The number of rotatable bonds is 7. The van der Waals surface area contributed by atoms with E-state index in [1.54, 1.807) is 32.1 Å². The lowest BCUT2D eigenvalue weighted by Gasteiger charge is -2.19. The third-order valence-corrected chi connectivity index (χ3v) is 6.18. The number of esters is 1. The Bertz CT molecular complexity index is 1140. The minimum atomic E-state index is -4.23. The number of carbonyl (C=O) groups is 2.